The number of ether oxygens (including phenoxy) is 1. The van der Waals surface area contributed by atoms with E-state index in [1.165, 1.54) is 4.90 Å². The molecule has 3 aliphatic rings. The van der Waals surface area contributed by atoms with Crippen molar-refractivity contribution in [2.45, 2.75) is 12.1 Å². The van der Waals surface area contributed by atoms with Crippen molar-refractivity contribution < 1.29 is 14.3 Å². The molecule has 0 bridgehead atoms. The van der Waals surface area contributed by atoms with Gasteiger partial charge in [0.25, 0.3) is 5.91 Å². The van der Waals surface area contributed by atoms with Crippen molar-refractivity contribution in [2.75, 3.05) is 31.2 Å². The van der Waals surface area contributed by atoms with Gasteiger partial charge in [-0.3, -0.25) is 9.59 Å². The van der Waals surface area contributed by atoms with Crippen LogP contribution in [0.2, 0.25) is 0 Å². The summed E-state index contributed by atoms with van der Waals surface area (Å²) in [5, 5.41) is 3.27. The van der Waals surface area contributed by atoms with Gasteiger partial charge in [-0.15, -0.1) is 0 Å². The van der Waals surface area contributed by atoms with Gasteiger partial charge in [-0.25, -0.2) is 9.89 Å². The van der Waals surface area contributed by atoms with E-state index < -0.39 is 18.0 Å². The summed E-state index contributed by atoms with van der Waals surface area (Å²) < 4.78 is 5.45. The lowest BCUT2D eigenvalue weighted by atomic mass is 9.87. The molecule has 148 valence electrons. The van der Waals surface area contributed by atoms with Crippen molar-refractivity contribution in [3.8, 4) is 0 Å². The number of rotatable bonds is 2. The summed E-state index contributed by atoms with van der Waals surface area (Å²) >= 11 is 0. The largest absolute Gasteiger partial charge is 0.378 e. The van der Waals surface area contributed by atoms with E-state index in [4.69, 9.17) is 9.73 Å². The van der Waals surface area contributed by atoms with Gasteiger partial charge in [0.2, 0.25) is 5.91 Å². The summed E-state index contributed by atoms with van der Waals surface area (Å²) in [6.45, 7) is 2.65. The first-order valence-electron chi connectivity index (χ1n) is 9.89. The molecule has 3 aliphatic heterocycles. The lowest BCUT2D eigenvalue weighted by molar-refractivity contribution is -0.122. The number of nitrogens with one attached hydrogen (secondary N) is 1. The quantitative estimate of drug-likeness (QED) is 0.788. The fourth-order valence-corrected chi connectivity index (χ4v) is 4.26. The van der Waals surface area contributed by atoms with Crippen LogP contribution in [0.25, 0.3) is 0 Å². The van der Waals surface area contributed by atoms with Crippen LogP contribution in [0.15, 0.2) is 65.7 Å². The van der Waals surface area contributed by atoms with E-state index in [0.29, 0.717) is 38.0 Å². The number of carbonyl (C=O) groups is 2. The molecule has 2 amide bonds. The Labute approximate surface area is 169 Å². The van der Waals surface area contributed by atoms with Crippen LogP contribution in [-0.2, 0) is 14.3 Å². The first kappa shape index (κ1) is 17.9. The minimum absolute atomic E-state index is 0.211. The number of fused-ring (bicyclic) bond motifs is 1. The van der Waals surface area contributed by atoms with Crippen molar-refractivity contribution in [2.24, 2.45) is 10.9 Å². The van der Waals surface area contributed by atoms with E-state index >= 15 is 0 Å². The number of guanidine groups is 1. The first-order chi connectivity index (χ1) is 14.2. The molecular formula is C22H22N4O3. The standard InChI is InChI=1S/C22H22N4O3/c27-20-17-18(15-7-3-1-4-8-15)23-22(25-11-13-29-14-12-25)24-19(17)21(28)26(20)16-9-5-2-6-10-16/h1-10,17-19H,11-14H2,(H,23,24). The smallest absolute Gasteiger partial charge is 0.257 e. The van der Waals surface area contributed by atoms with Gasteiger partial charge in [-0.1, -0.05) is 48.5 Å². The molecule has 7 heteroatoms. The molecule has 2 saturated heterocycles. The topological polar surface area (TPSA) is 74.2 Å². The third-order valence-electron chi connectivity index (χ3n) is 5.70. The van der Waals surface area contributed by atoms with Crippen molar-refractivity contribution in [3.05, 3.63) is 66.2 Å². The van der Waals surface area contributed by atoms with E-state index in [1.807, 2.05) is 48.5 Å². The average molecular weight is 390 g/mol. The van der Waals surface area contributed by atoms with Crippen LogP contribution < -0.4 is 10.2 Å². The number of aliphatic imine (C=N–C) groups is 1. The highest BCUT2D eigenvalue weighted by Crippen LogP contribution is 2.39. The molecule has 5 rings (SSSR count). The van der Waals surface area contributed by atoms with Crippen LogP contribution in [-0.4, -0.2) is 55.0 Å². The van der Waals surface area contributed by atoms with E-state index in [1.54, 1.807) is 12.1 Å². The van der Waals surface area contributed by atoms with Crippen molar-refractivity contribution in [1.82, 2.24) is 10.2 Å². The summed E-state index contributed by atoms with van der Waals surface area (Å²) in [7, 11) is 0. The molecule has 3 unspecified atom stereocenters. The number of imide groups is 1. The monoisotopic (exact) mass is 390 g/mol. The summed E-state index contributed by atoms with van der Waals surface area (Å²) in [4.78, 5) is 35.0. The Morgan fingerprint density at radius 1 is 0.897 bits per heavy atom. The van der Waals surface area contributed by atoms with Gasteiger partial charge in [0, 0.05) is 13.1 Å². The number of amides is 2. The number of para-hydroxylation sites is 1. The van der Waals surface area contributed by atoms with E-state index in [-0.39, 0.29) is 11.8 Å². The van der Waals surface area contributed by atoms with Crippen LogP contribution in [0.5, 0.6) is 0 Å². The van der Waals surface area contributed by atoms with Gasteiger partial charge in [0.1, 0.15) is 6.04 Å². The fraction of sp³-hybridized carbons (Fsp3) is 0.318. The highest BCUT2D eigenvalue weighted by atomic mass is 16.5. The Hall–Kier alpha value is -3.19. The van der Waals surface area contributed by atoms with E-state index in [0.717, 1.165) is 5.56 Å². The van der Waals surface area contributed by atoms with Crippen LogP contribution >= 0.6 is 0 Å². The van der Waals surface area contributed by atoms with Gasteiger partial charge in [-0.2, -0.15) is 0 Å². The van der Waals surface area contributed by atoms with E-state index in [2.05, 4.69) is 10.2 Å². The maximum absolute atomic E-state index is 13.4. The Balaban J connectivity index is 1.55. The molecule has 0 spiro atoms. The molecule has 1 N–H and O–H groups in total. The molecule has 0 radical (unpaired) electrons. The molecule has 0 saturated carbocycles. The maximum Gasteiger partial charge on any atom is 0.257 e. The summed E-state index contributed by atoms with van der Waals surface area (Å²) in [5.74, 6) is -0.348. The van der Waals surface area contributed by atoms with Gasteiger partial charge >= 0.3 is 0 Å². The van der Waals surface area contributed by atoms with Crippen LogP contribution in [0, 0.1) is 5.92 Å². The summed E-state index contributed by atoms with van der Waals surface area (Å²) in [5.41, 5.74) is 1.53. The highest BCUT2D eigenvalue weighted by Gasteiger charge is 2.54. The third-order valence-corrected chi connectivity index (χ3v) is 5.70. The van der Waals surface area contributed by atoms with E-state index in [9.17, 15) is 9.59 Å². The number of nitrogens with zero attached hydrogens (tertiary/aromatic N) is 3. The molecule has 2 aromatic rings. The summed E-state index contributed by atoms with van der Waals surface area (Å²) in [6, 6.07) is 17.8. The molecule has 2 aromatic carbocycles. The zero-order valence-electron chi connectivity index (χ0n) is 15.9. The molecular weight excluding hydrogens is 368 g/mol. The summed E-state index contributed by atoms with van der Waals surface area (Å²) in [6.07, 6.45) is 0. The van der Waals surface area contributed by atoms with Crippen LogP contribution in [0.1, 0.15) is 11.6 Å². The predicted octanol–water partition coefficient (Wildman–Crippen LogP) is 1.58. The second-order valence-electron chi connectivity index (χ2n) is 7.40. The van der Waals surface area contributed by atoms with Gasteiger partial charge in [0.15, 0.2) is 5.96 Å². The predicted molar refractivity (Wildman–Crippen MR) is 108 cm³/mol. The van der Waals surface area contributed by atoms with Crippen molar-refractivity contribution in [3.63, 3.8) is 0 Å². The second-order valence-corrected chi connectivity index (χ2v) is 7.40. The fourth-order valence-electron chi connectivity index (χ4n) is 4.26. The zero-order chi connectivity index (χ0) is 19.8. The van der Waals surface area contributed by atoms with Crippen LogP contribution in [0.4, 0.5) is 5.69 Å². The van der Waals surface area contributed by atoms with Gasteiger partial charge < -0.3 is 15.0 Å². The number of hydrogen-bond donors (Lipinski definition) is 1. The number of morpholine rings is 1. The van der Waals surface area contributed by atoms with Crippen molar-refractivity contribution in [1.29, 1.82) is 0 Å². The number of carbonyl (C=O) groups excluding carboxylic acids is 2. The maximum atomic E-state index is 13.4. The molecule has 0 aromatic heterocycles. The average Bonchev–Trinajstić information content (AvgIpc) is 3.05. The van der Waals surface area contributed by atoms with Gasteiger partial charge in [-0.05, 0) is 17.7 Å². The first-order valence-corrected chi connectivity index (χ1v) is 9.89. The molecule has 2 fully saturated rings. The molecule has 7 nitrogen and oxygen atoms in total. The Bertz CT molecular complexity index is 941. The lowest BCUT2D eigenvalue weighted by Gasteiger charge is -2.37. The van der Waals surface area contributed by atoms with Crippen molar-refractivity contribution >= 4 is 23.5 Å². The zero-order valence-corrected chi connectivity index (χ0v) is 15.9. The Kier molecular flexibility index (Phi) is 4.52. The number of anilines is 1. The normalized spacial score (nSPS) is 26.8. The van der Waals surface area contributed by atoms with Gasteiger partial charge in [0.05, 0.1) is 30.9 Å². The number of hydrogen-bond acceptors (Lipinski definition) is 6. The Morgan fingerprint density at radius 3 is 2.24 bits per heavy atom. The lowest BCUT2D eigenvalue weighted by Crippen LogP contribution is -2.56. The third kappa shape index (κ3) is 3.07. The second kappa shape index (κ2) is 7.33. The minimum Gasteiger partial charge on any atom is -0.378 e. The molecule has 0 aliphatic carbocycles. The minimum atomic E-state index is -0.636. The highest BCUT2D eigenvalue weighted by molar-refractivity contribution is 6.24. The Morgan fingerprint density at radius 2 is 1.55 bits per heavy atom. The SMILES string of the molecule is O=C1C2NC(N3CCOCC3)=NC(c3ccccc3)C2C(=O)N1c1ccccc1. The molecule has 3 atom stereocenters. The molecule has 3 heterocycles. The van der Waals surface area contributed by atoms with Crippen LogP contribution in [0.3, 0.4) is 0 Å². The number of benzene rings is 2. The molecule has 29 heavy (non-hydrogen) atoms.